The Morgan fingerprint density at radius 2 is 2.45 bits per heavy atom. The summed E-state index contributed by atoms with van der Waals surface area (Å²) in [6, 6.07) is 0.321. The van der Waals surface area contributed by atoms with Crippen molar-refractivity contribution >= 4 is 5.97 Å². The lowest BCUT2D eigenvalue weighted by molar-refractivity contribution is -0.163. The van der Waals surface area contributed by atoms with Crippen molar-refractivity contribution in [1.29, 1.82) is 0 Å². The molecule has 62 valence electrons. The zero-order valence-electron chi connectivity index (χ0n) is 6.21. The molecule has 1 N–H and O–H groups in total. The number of ether oxygens (including phenoxy) is 2. The summed E-state index contributed by atoms with van der Waals surface area (Å²) in [4.78, 5) is 10.8. The molecule has 2 rings (SSSR count). The summed E-state index contributed by atoms with van der Waals surface area (Å²) in [5.74, 6) is -0.170. The number of carbonyl (C=O) groups excluding carboxylic acids is 1. The fraction of sp³-hybridized carbons (Fsp3) is 0.857. The normalized spacial score (nSPS) is 37.6. The van der Waals surface area contributed by atoms with Crippen LogP contribution in [0.5, 0.6) is 0 Å². The van der Waals surface area contributed by atoms with Gasteiger partial charge >= 0.3 is 5.97 Å². The first-order valence-electron chi connectivity index (χ1n) is 3.87. The van der Waals surface area contributed by atoms with Crippen LogP contribution >= 0.6 is 0 Å². The molecule has 2 fully saturated rings. The molecule has 0 bridgehead atoms. The Labute approximate surface area is 64.9 Å². The number of hydrogen-bond acceptors (Lipinski definition) is 4. The molecule has 2 aliphatic heterocycles. The van der Waals surface area contributed by atoms with Crippen molar-refractivity contribution in [1.82, 2.24) is 5.32 Å². The van der Waals surface area contributed by atoms with Crippen LogP contribution in [0, 0.1) is 0 Å². The lowest BCUT2D eigenvalue weighted by Crippen LogP contribution is -2.55. The van der Waals surface area contributed by atoms with E-state index in [0.29, 0.717) is 19.2 Å². The van der Waals surface area contributed by atoms with Gasteiger partial charge in [-0.3, -0.25) is 4.79 Å². The smallest absolute Gasteiger partial charge is 0.320 e. The lowest BCUT2D eigenvalue weighted by atomic mass is 10.1. The maximum absolute atomic E-state index is 10.8. The van der Waals surface area contributed by atoms with Gasteiger partial charge in [0.25, 0.3) is 0 Å². The molecular formula is C7H11NO3. The Morgan fingerprint density at radius 3 is 3.36 bits per heavy atom. The van der Waals surface area contributed by atoms with Gasteiger partial charge in [-0.2, -0.15) is 0 Å². The van der Waals surface area contributed by atoms with Crippen molar-refractivity contribution in [3.05, 3.63) is 0 Å². The van der Waals surface area contributed by atoms with Gasteiger partial charge in [0.15, 0.2) is 0 Å². The first kappa shape index (κ1) is 7.06. The Kier molecular flexibility index (Phi) is 1.79. The third-order valence-corrected chi connectivity index (χ3v) is 2.10. The summed E-state index contributed by atoms with van der Waals surface area (Å²) in [6.45, 7) is 1.66. The van der Waals surface area contributed by atoms with E-state index in [1.165, 1.54) is 0 Å². The molecule has 0 aromatic rings. The summed E-state index contributed by atoms with van der Waals surface area (Å²) in [7, 11) is 0. The minimum atomic E-state index is -0.170. The number of hydrogen-bond donors (Lipinski definition) is 1. The number of rotatable bonds is 0. The molecule has 0 amide bonds. The molecule has 4 nitrogen and oxygen atoms in total. The maximum atomic E-state index is 10.8. The van der Waals surface area contributed by atoms with Gasteiger partial charge in [0.05, 0.1) is 13.2 Å². The lowest BCUT2D eigenvalue weighted by Gasteiger charge is -2.35. The van der Waals surface area contributed by atoms with Crippen LogP contribution in [0.1, 0.15) is 6.42 Å². The van der Waals surface area contributed by atoms with Gasteiger partial charge in [-0.05, 0) is 6.42 Å². The van der Waals surface area contributed by atoms with Gasteiger partial charge in [-0.25, -0.2) is 0 Å². The highest BCUT2D eigenvalue weighted by Crippen LogP contribution is 2.14. The van der Waals surface area contributed by atoms with Crippen LogP contribution in [0.25, 0.3) is 0 Å². The van der Waals surface area contributed by atoms with Crippen LogP contribution < -0.4 is 5.32 Å². The third-order valence-electron chi connectivity index (χ3n) is 2.10. The van der Waals surface area contributed by atoms with Gasteiger partial charge in [0, 0.05) is 12.6 Å². The summed E-state index contributed by atoms with van der Waals surface area (Å²) < 4.78 is 10.2. The fourth-order valence-electron chi connectivity index (χ4n) is 1.49. The van der Waals surface area contributed by atoms with Gasteiger partial charge in [0.1, 0.15) is 6.10 Å². The average Bonchev–Trinajstić information content (AvgIpc) is 2.04. The Morgan fingerprint density at radius 1 is 1.55 bits per heavy atom. The molecule has 11 heavy (non-hydrogen) atoms. The van der Waals surface area contributed by atoms with Gasteiger partial charge < -0.3 is 14.8 Å². The molecule has 0 aromatic heterocycles. The second-order valence-corrected chi connectivity index (χ2v) is 2.88. The predicted octanol–water partition coefficient (Wildman–Crippen LogP) is -0.710. The Bertz CT molecular complexity index is 171. The van der Waals surface area contributed by atoms with Crippen molar-refractivity contribution in [2.75, 3.05) is 19.8 Å². The van der Waals surface area contributed by atoms with Crippen molar-refractivity contribution in [2.45, 2.75) is 18.6 Å². The van der Waals surface area contributed by atoms with E-state index in [-0.39, 0.29) is 12.1 Å². The van der Waals surface area contributed by atoms with Crippen molar-refractivity contribution in [2.24, 2.45) is 0 Å². The van der Waals surface area contributed by atoms with Gasteiger partial charge in [0.2, 0.25) is 0 Å². The minimum absolute atomic E-state index is 0.0509. The number of nitrogens with one attached hydrogen (secondary N) is 1. The van der Waals surface area contributed by atoms with E-state index in [1.54, 1.807) is 0 Å². The zero-order valence-corrected chi connectivity index (χ0v) is 6.21. The van der Waals surface area contributed by atoms with E-state index in [9.17, 15) is 4.79 Å². The second kappa shape index (κ2) is 2.79. The highest BCUT2D eigenvalue weighted by molar-refractivity contribution is 5.72. The van der Waals surface area contributed by atoms with E-state index in [4.69, 9.17) is 9.47 Å². The van der Waals surface area contributed by atoms with Crippen LogP contribution in [0.4, 0.5) is 0 Å². The summed E-state index contributed by atoms with van der Waals surface area (Å²) >= 11 is 0. The molecule has 2 atom stereocenters. The summed E-state index contributed by atoms with van der Waals surface area (Å²) in [6.07, 6.45) is 0.891. The van der Waals surface area contributed by atoms with E-state index in [0.717, 1.165) is 13.0 Å². The van der Waals surface area contributed by atoms with Crippen molar-refractivity contribution < 1.29 is 14.3 Å². The van der Waals surface area contributed by atoms with Gasteiger partial charge in [-0.15, -0.1) is 0 Å². The molecule has 0 radical (unpaired) electrons. The monoisotopic (exact) mass is 157 g/mol. The quantitative estimate of drug-likeness (QED) is 0.472. The zero-order chi connectivity index (χ0) is 7.68. The van der Waals surface area contributed by atoms with E-state index < -0.39 is 0 Å². The molecule has 2 aliphatic rings. The molecule has 4 heteroatoms. The van der Waals surface area contributed by atoms with Crippen LogP contribution in [0.3, 0.4) is 0 Å². The van der Waals surface area contributed by atoms with Crippen LogP contribution in [0.2, 0.25) is 0 Å². The number of carbonyl (C=O) groups is 1. The number of esters is 1. The highest BCUT2D eigenvalue weighted by Gasteiger charge is 2.32. The SMILES string of the molecule is O=C1CNC2CCOCC2O1. The van der Waals surface area contributed by atoms with E-state index in [2.05, 4.69) is 5.32 Å². The Hall–Kier alpha value is -0.610. The van der Waals surface area contributed by atoms with Gasteiger partial charge in [-0.1, -0.05) is 0 Å². The molecule has 0 saturated carbocycles. The molecule has 2 heterocycles. The number of morpholine rings is 1. The average molecular weight is 157 g/mol. The van der Waals surface area contributed by atoms with Crippen LogP contribution in [-0.4, -0.2) is 37.9 Å². The maximum Gasteiger partial charge on any atom is 0.320 e. The molecule has 2 unspecified atom stereocenters. The second-order valence-electron chi connectivity index (χ2n) is 2.88. The predicted molar refractivity (Wildman–Crippen MR) is 37.1 cm³/mol. The third kappa shape index (κ3) is 1.36. The molecule has 0 aromatic carbocycles. The molecule has 0 aliphatic carbocycles. The first-order valence-corrected chi connectivity index (χ1v) is 3.87. The first-order chi connectivity index (χ1) is 5.36. The molecular weight excluding hydrogens is 146 g/mol. The number of fused-ring (bicyclic) bond motifs is 1. The van der Waals surface area contributed by atoms with Crippen molar-refractivity contribution in [3.8, 4) is 0 Å². The van der Waals surface area contributed by atoms with E-state index >= 15 is 0 Å². The standard InChI is InChI=1S/C7H11NO3/c9-7-3-8-5-1-2-10-4-6(5)11-7/h5-6,8H,1-4H2. The molecule has 0 spiro atoms. The van der Waals surface area contributed by atoms with Crippen LogP contribution in [0.15, 0.2) is 0 Å². The topological polar surface area (TPSA) is 47.6 Å². The largest absolute Gasteiger partial charge is 0.457 e. The van der Waals surface area contributed by atoms with E-state index in [1.807, 2.05) is 0 Å². The van der Waals surface area contributed by atoms with Crippen molar-refractivity contribution in [3.63, 3.8) is 0 Å². The van der Waals surface area contributed by atoms with Crippen LogP contribution in [-0.2, 0) is 14.3 Å². The fourth-order valence-corrected chi connectivity index (χ4v) is 1.49. The summed E-state index contributed by atoms with van der Waals surface area (Å²) in [5, 5.41) is 3.12. The summed E-state index contributed by atoms with van der Waals surface area (Å²) in [5.41, 5.74) is 0. The molecule has 2 saturated heterocycles. The minimum Gasteiger partial charge on any atom is -0.457 e. The Balaban J connectivity index is 1.98. The highest BCUT2D eigenvalue weighted by atomic mass is 16.6.